The molecule has 0 bridgehead atoms. The molecule has 0 radical (unpaired) electrons. The van der Waals surface area contributed by atoms with Crippen molar-refractivity contribution in [2.24, 2.45) is 0 Å². The van der Waals surface area contributed by atoms with Crippen LogP contribution in [0.5, 0.6) is 0 Å². The number of fused-ring (bicyclic) bond motifs is 3. The summed E-state index contributed by atoms with van der Waals surface area (Å²) in [6.45, 7) is 2.31. The number of amides is 1. The van der Waals surface area contributed by atoms with Gasteiger partial charge in [0.25, 0.3) is 5.91 Å². The van der Waals surface area contributed by atoms with Crippen LogP contribution in [0.4, 0.5) is 5.69 Å². The maximum absolute atomic E-state index is 13.1. The maximum Gasteiger partial charge on any atom is 0.260 e. The molecule has 2 heterocycles. The Balaban J connectivity index is 1.97. The van der Waals surface area contributed by atoms with E-state index in [0.29, 0.717) is 22.8 Å². The second kappa shape index (κ2) is 5.21. The van der Waals surface area contributed by atoms with Gasteiger partial charge in [-0.25, -0.2) is 4.68 Å². The zero-order valence-electron chi connectivity index (χ0n) is 12.4. The van der Waals surface area contributed by atoms with Gasteiger partial charge in [-0.3, -0.25) is 4.79 Å². The Morgan fingerprint density at radius 2 is 1.91 bits per heavy atom. The summed E-state index contributed by atoms with van der Waals surface area (Å²) in [5, 5.41) is 8.87. The molecule has 1 aromatic heterocycles. The van der Waals surface area contributed by atoms with E-state index in [4.69, 9.17) is 11.6 Å². The molecule has 3 aromatic rings. The quantitative estimate of drug-likeness (QED) is 0.689. The molecule has 5 nitrogen and oxygen atoms in total. The number of aromatic nitrogens is 3. The van der Waals surface area contributed by atoms with Gasteiger partial charge in [0.05, 0.1) is 29.2 Å². The SMILES string of the molecule is Cc1nnn2c1CN(c1ccccc1)C(=O)c1cc(Cl)ccc1-2. The lowest BCUT2D eigenvalue weighted by molar-refractivity contribution is 0.0986. The van der Waals surface area contributed by atoms with Crippen LogP contribution in [0.25, 0.3) is 5.69 Å². The lowest BCUT2D eigenvalue weighted by Gasteiger charge is -2.20. The first-order valence-corrected chi connectivity index (χ1v) is 7.61. The van der Waals surface area contributed by atoms with Gasteiger partial charge in [-0.1, -0.05) is 35.0 Å². The molecule has 0 fully saturated rings. The molecule has 4 rings (SSSR count). The molecule has 0 unspecified atom stereocenters. The van der Waals surface area contributed by atoms with Crippen LogP contribution in [-0.4, -0.2) is 20.9 Å². The van der Waals surface area contributed by atoms with Crippen LogP contribution in [0, 0.1) is 6.92 Å². The van der Waals surface area contributed by atoms with Crippen LogP contribution in [0.1, 0.15) is 21.7 Å². The highest BCUT2D eigenvalue weighted by Gasteiger charge is 2.29. The fourth-order valence-electron chi connectivity index (χ4n) is 2.80. The predicted octanol–water partition coefficient (Wildman–Crippen LogP) is 3.39. The van der Waals surface area contributed by atoms with E-state index >= 15 is 0 Å². The monoisotopic (exact) mass is 324 g/mol. The number of carbonyl (C=O) groups is 1. The number of aryl methyl sites for hydroxylation is 1. The second-order valence-corrected chi connectivity index (χ2v) is 5.86. The highest BCUT2D eigenvalue weighted by molar-refractivity contribution is 6.31. The number of carbonyl (C=O) groups excluding carboxylic acids is 1. The Morgan fingerprint density at radius 3 is 2.70 bits per heavy atom. The molecule has 1 aliphatic heterocycles. The molecule has 1 aliphatic rings. The number of para-hydroxylation sites is 1. The Bertz CT molecular complexity index is 904. The smallest absolute Gasteiger partial charge is 0.260 e. The van der Waals surface area contributed by atoms with E-state index in [0.717, 1.165) is 17.1 Å². The topological polar surface area (TPSA) is 51.0 Å². The summed E-state index contributed by atoms with van der Waals surface area (Å²) in [5.41, 5.74) is 3.75. The summed E-state index contributed by atoms with van der Waals surface area (Å²) in [7, 11) is 0. The molecule has 1 amide bonds. The van der Waals surface area contributed by atoms with Gasteiger partial charge in [0.1, 0.15) is 0 Å². The van der Waals surface area contributed by atoms with E-state index in [1.54, 1.807) is 21.7 Å². The van der Waals surface area contributed by atoms with Crippen molar-refractivity contribution >= 4 is 23.2 Å². The summed E-state index contributed by atoms with van der Waals surface area (Å²) in [5.74, 6) is -0.0985. The fourth-order valence-corrected chi connectivity index (χ4v) is 2.97. The second-order valence-electron chi connectivity index (χ2n) is 5.42. The molecule has 0 saturated heterocycles. The van der Waals surface area contributed by atoms with E-state index in [9.17, 15) is 4.79 Å². The lowest BCUT2D eigenvalue weighted by Crippen LogP contribution is -2.29. The predicted molar refractivity (Wildman–Crippen MR) is 88.1 cm³/mol. The molecule has 114 valence electrons. The largest absolute Gasteiger partial charge is 0.302 e. The first-order chi connectivity index (χ1) is 11.1. The van der Waals surface area contributed by atoms with Gasteiger partial charge in [-0.2, -0.15) is 0 Å². The minimum absolute atomic E-state index is 0.0985. The molecular weight excluding hydrogens is 312 g/mol. The Hall–Kier alpha value is -2.66. The molecule has 0 N–H and O–H groups in total. The van der Waals surface area contributed by atoms with Crippen LogP contribution in [0.2, 0.25) is 5.02 Å². The zero-order chi connectivity index (χ0) is 16.0. The van der Waals surface area contributed by atoms with Gasteiger partial charge in [0, 0.05) is 10.7 Å². The molecule has 0 atom stereocenters. The third kappa shape index (κ3) is 2.21. The van der Waals surface area contributed by atoms with Gasteiger partial charge in [0.2, 0.25) is 0 Å². The van der Waals surface area contributed by atoms with Crippen LogP contribution in [0.3, 0.4) is 0 Å². The van der Waals surface area contributed by atoms with Gasteiger partial charge >= 0.3 is 0 Å². The van der Waals surface area contributed by atoms with E-state index < -0.39 is 0 Å². The Kier molecular flexibility index (Phi) is 3.16. The normalized spacial score (nSPS) is 13.5. The maximum atomic E-state index is 13.1. The number of benzene rings is 2. The van der Waals surface area contributed by atoms with E-state index in [1.165, 1.54) is 0 Å². The van der Waals surface area contributed by atoms with Crippen molar-refractivity contribution < 1.29 is 4.79 Å². The van der Waals surface area contributed by atoms with Crippen molar-refractivity contribution in [2.45, 2.75) is 13.5 Å². The third-order valence-electron chi connectivity index (χ3n) is 4.00. The number of nitrogens with zero attached hydrogens (tertiary/aromatic N) is 4. The van der Waals surface area contributed by atoms with Gasteiger partial charge < -0.3 is 4.90 Å². The van der Waals surface area contributed by atoms with Gasteiger partial charge in [-0.15, -0.1) is 5.10 Å². The summed E-state index contributed by atoms with van der Waals surface area (Å²) < 4.78 is 1.72. The average molecular weight is 325 g/mol. The number of rotatable bonds is 1. The van der Waals surface area contributed by atoms with E-state index in [-0.39, 0.29) is 5.91 Å². The summed E-state index contributed by atoms with van der Waals surface area (Å²) in [4.78, 5) is 14.8. The van der Waals surface area contributed by atoms with Crippen molar-refractivity contribution in [1.82, 2.24) is 15.0 Å². The highest BCUT2D eigenvalue weighted by atomic mass is 35.5. The molecule has 0 spiro atoms. The minimum Gasteiger partial charge on any atom is -0.302 e. The van der Waals surface area contributed by atoms with Gasteiger partial charge in [-0.05, 0) is 37.3 Å². The lowest BCUT2D eigenvalue weighted by atomic mass is 10.1. The summed E-state index contributed by atoms with van der Waals surface area (Å²) in [6, 6.07) is 14.8. The number of anilines is 1. The van der Waals surface area contributed by atoms with Gasteiger partial charge in [0.15, 0.2) is 0 Å². The Morgan fingerprint density at radius 1 is 1.13 bits per heavy atom. The van der Waals surface area contributed by atoms with E-state index in [1.807, 2.05) is 43.3 Å². The van der Waals surface area contributed by atoms with Crippen LogP contribution >= 0.6 is 11.6 Å². The first-order valence-electron chi connectivity index (χ1n) is 7.23. The number of halogens is 1. The summed E-state index contributed by atoms with van der Waals surface area (Å²) >= 11 is 6.11. The first kappa shape index (κ1) is 14.0. The van der Waals surface area contributed by atoms with Crippen LogP contribution in [-0.2, 0) is 6.54 Å². The van der Waals surface area contributed by atoms with Crippen LogP contribution < -0.4 is 4.90 Å². The van der Waals surface area contributed by atoms with Crippen molar-refractivity contribution in [3.8, 4) is 5.69 Å². The number of hydrogen-bond donors (Lipinski definition) is 0. The van der Waals surface area contributed by atoms with Crippen molar-refractivity contribution in [3.05, 3.63) is 70.5 Å². The third-order valence-corrected chi connectivity index (χ3v) is 4.23. The molecule has 0 saturated carbocycles. The van der Waals surface area contributed by atoms with Crippen molar-refractivity contribution in [3.63, 3.8) is 0 Å². The molecule has 6 heteroatoms. The van der Waals surface area contributed by atoms with Crippen molar-refractivity contribution in [2.75, 3.05) is 4.90 Å². The zero-order valence-corrected chi connectivity index (χ0v) is 13.2. The minimum atomic E-state index is -0.0985. The average Bonchev–Trinajstić information content (AvgIpc) is 2.87. The number of hydrogen-bond acceptors (Lipinski definition) is 3. The molecule has 23 heavy (non-hydrogen) atoms. The van der Waals surface area contributed by atoms with E-state index in [2.05, 4.69) is 10.3 Å². The van der Waals surface area contributed by atoms with Crippen molar-refractivity contribution in [1.29, 1.82) is 0 Å². The summed E-state index contributed by atoms with van der Waals surface area (Å²) in [6.07, 6.45) is 0. The molecule has 2 aromatic carbocycles. The highest BCUT2D eigenvalue weighted by Crippen LogP contribution is 2.30. The van der Waals surface area contributed by atoms with Crippen LogP contribution in [0.15, 0.2) is 48.5 Å². The molecule has 0 aliphatic carbocycles. The molecular formula is C17H13ClN4O. The standard InChI is InChI=1S/C17H13ClN4O/c1-11-16-10-21(13-5-3-2-4-6-13)17(23)14-9-12(18)7-8-15(14)22(16)20-19-11/h2-9H,10H2,1H3. The fraction of sp³-hybridized carbons (Fsp3) is 0.118. The Labute approximate surface area is 138 Å².